The Bertz CT molecular complexity index is 446. The Kier molecular flexibility index (Phi) is 4.13. The van der Waals surface area contributed by atoms with Crippen LogP contribution in [0, 0.1) is 5.41 Å². The van der Waals surface area contributed by atoms with Crippen LogP contribution < -0.4 is 9.47 Å². The quantitative estimate of drug-likeness (QED) is 0.831. The molecule has 0 amide bonds. The van der Waals surface area contributed by atoms with Crippen LogP contribution in [-0.4, -0.2) is 18.5 Å². The van der Waals surface area contributed by atoms with Gasteiger partial charge in [0.05, 0.1) is 0 Å². The van der Waals surface area contributed by atoms with E-state index in [4.69, 9.17) is 9.47 Å². The van der Waals surface area contributed by atoms with Crippen molar-refractivity contribution in [3.8, 4) is 11.5 Å². The molecule has 3 heteroatoms. The molecule has 2 rings (SSSR count). The van der Waals surface area contributed by atoms with E-state index in [9.17, 15) is 4.79 Å². The molecular weight excluding hydrogens is 240 g/mol. The molecule has 1 unspecified atom stereocenters. The molecule has 1 atom stereocenters. The first-order valence-electron chi connectivity index (χ1n) is 6.87. The van der Waals surface area contributed by atoms with E-state index in [-0.39, 0.29) is 11.2 Å². The summed E-state index contributed by atoms with van der Waals surface area (Å²) in [4.78, 5) is 12.1. The number of rotatable bonds is 4. The number of hydrogen-bond acceptors (Lipinski definition) is 3. The largest absolute Gasteiger partial charge is 0.485 e. The molecule has 0 aromatic heterocycles. The Hall–Kier alpha value is -1.51. The summed E-state index contributed by atoms with van der Waals surface area (Å²) in [6, 6.07) is 7.47. The molecule has 104 valence electrons. The Morgan fingerprint density at radius 3 is 2.63 bits per heavy atom. The molecule has 0 N–H and O–H groups in total. The minimum absolute atomic E-state index is 0.138. The van der Waals surface area contributed by atoms with E-state index in [1.54, 1.807) is 0 Å². The van der Waals surface area contributed by atoms with Crippen LogP contribution in [0.15, 0.2) is 24.3 Å². The topological polar surface area (TPSA) is 35.5 Å². The third kappa shape index (κ3) is 3.98. The Morgan fingerprint density at radius 1 is 1.26 bits per heavy atom. The molecule has 1 heterocycles. The van der Waals surface area contributed by atoms with Crippen LogP contribution in [0.25, 0.3) is 0 Å². The second-order valence-electron chi connectivity index (χ2n) is 6.24. The summed E-state index contributed by atoms with van der Waals surface area (Å²) in [6.07, 6.45) is 2.06. The van der Waals surface area contributed by atoms with Crippen LogP contribution >= 0.6 is 0 Å². The number of carbonyl (C=O) groups excluding carboxylic acids is 1. The molecule has 3 nitrogen and oxygen atoms in total. The normalized spacial score (nSPS) is 18.2. The van der Waals surface area contributed by atoms with Gasteiger partial charge >= 0.3 is 0 Å². The van der Waals surface area contributed by atoms with Crippen molar-refractivity contribution in [2.45, 2.75) is 46.1 Å². The van der Waals surface area contributed by atoms with Crippen molar-refractivity contribution in [2.75, 3.05) is 6.61 Å². The van der Waals surface area contributed by atoms with Crippen molar-refractivity contribution in [1.29, 1.82) is 0 Å². The lowest BCUT2D eigenvalue weighted by atomic mass is 9.89. The Morgan fingerprint density at radius 2 is 1.95 bits per heavy atom. The number of Topliss-reactive ketones (excluding diaryl/α,β-unsaturated/α-hetero) is 1. The molecule has 1 aliphatic rings. The standard InChI is InChI=1S/C16H22O3/c1-16(2,3)10-6-7-12(17)15-11-18-13-8-4-5-9-14(13)19-15/h4-5,8-9,15H,6-7,10-11H2,1-3H3. The second-order valence-corrected chi connectivity index (χ2v) is 6.24. The molecule has 0 radical (unpaired) electrons. The number of benzene rings is 1. The van der Waals surface area contributed by atoms with Crippen molar-refractivity contribution < 1.29 is 14.3 Å². The smallest absolute Gasteiger partial charge is 0.190 e. The van der Waals surface area contributed by atoms with Crippen LogP contribution in [0.4, 0.5) is 0 Å². The van der Waals surface area contributed by atoms with Gasteiger partial charge in [-0.3, -0.25) is 4.79 Å². The van der Waals surface area contributed by atoms with Gasteiger partial charge in [-0.05, 0) is 30.4 Å². The molecule has 0 saturated heterocycles. The lowest BCUT2D eigenvalue weighted by Crippen LogP contribution is -2.36. The maximum Gasteiger partial charge on any atom is 0.190 e. The Balaban J connectivity index is 1.85. The molecule has 1 aliphatic heterocycles. The van der Waals surface area contributed by atoms with Crippen molar-refractivity contribution in [2.24, 2.45) is 5.41 Å². The summed E-state index contributed by atoms with van der Waals surface area (Å²) in [5.74, 6) is 1.53. The molecule has 0 aliphatic carbocycles. The van der Waals surface area contributed by atoms with Gasteiger partial charge in [-0.25, -0.2) is 0 Å². The maximum absolute atomic E-state index is 12.1. The zero-order valence-electron chi connectivity index (χ0n) is 11.9. The number of ether oxygens (including phenoxy) is 2. The van der Waals surface area contributed by atoms with E-state index < -0.39 is 6.10 Å². The van der Waals surface area contributed by atoms with E-state index in [1.165, 1.54) is 0 Å². The van der Waals surface area contributed by atoms with E-state index >= 15 is 0 Å². The number of carbonyl (C=O) groups is 1. The summed E-state index contributed by atoms with van der Waals surface area (Å²) in [6.45, 7) is 6.89. The molecule has 0 bridgehead atoms. The zero-order chi connectivity index (χ0) is 13.9. The summed E-state index contributed by atoms with van der Waals surface area (Å²) < 4.78 is 11.3. The van der Waals surface area contributed by atoms with Crippen LogP contribution in [0.1, 0.15) is 40.0 Å². The highest BCUT2D eigenvalue weighted by atomic mass is 16.6. The van der Waals surface area contributed by atoms with Gasteiger partial charge in [0.15, 0.2) is 23.4 Å². The molecule has 0 fully saturated rings. The maximum atomic E-state index is 12.1. The molecule has 0 saturated carbocycles. The van der Waals surface area contributed by atoms with Crippen LogP contribution in [-0.2, 0) is 4.79 Å². The molecule has 1 aromatic carbocycles. The summed E-state index contributed by atoms with van der Waals surface area (Å²) >= 11 is 0. The van der Waals surface area contributed by atoms with Gasteiger partial charge in [0.25, 0.3) is 0 Å². The van der Waals surface area contributed by atoms with Gasteiger partial charge in [-0.15, -0.1) is 0 Å². The fourth-order valence-corrected chi connectivity index (χ4v) is 2.13. The van der Waals surface area contributed by atoms with Crippen LogP contribution in [0.2, 0.25) is 0 Å². The van der Waals surface area contributed by atoms with Crippen LogP contribution in [0.5, 0.6) is 11.5 Å². The third-order valence-corrected chi connectivity index (χ3v) is 3.22. The van der Waals surface area contributed by atoms with E-state index in [2.05, 4.69) is 20.8 Å². The average Bonchev–Trinajstić information content (AvgIpc) is 2.36. The lowest BCUT2D eigenvalue weighted by Gasteiger charge is -2.25. The highest BCUT2D eigenvalue weighted by Crippen LogP contribution is 2.31. The van der Waals surface area contributed by atoms with Crippen molar-refractivity contribution in [3.05, 3.63) is 24.3 Å². The first-order chi connectivity index (χ1) is 8.96. The van der Waals surface area contributed by atoms with Gasteiger partial charge in [-0.2, -0.15) is 0 Å². The minimum Gasteiger partial charge on any atom is -0.485 e. The highest BCUT2D eigenvalue weighted by Gasteiger charge is 2.26. The summed E-state index contributed by atoms with van der Waals surface area (Å²) in [5.41, 5.74) is 0.275. The van der Waals surface area contributed by atoms with E-state index in [1.807, 2.05) is 24.3 Å². The van der Waals surface area contributed by atoms with Crippen molar-refractivity contribution >= 4 is 5.78 Å². The SMILES string of the molecule is CC(C)(C)CCCC(=O)C1COc2ccccc2O1. The molecular formula is C16H22O3. The summed E-state index contributed by atoms with van der Waals surface area (Å²) in [5, 5.41) is 0. The average molecular weight is 262 g/mol. The van der Waals surface area contributed by atoms with Crippen molar-refractivity contribution in [3.63, 3.8) is 0 Å². The van der Waals surface area contributed by atoms with Gasteiger partial charge < -0.3 is 9.47 Å². The first-order valence-corrected chi connectivity index (χ1v) is 6.87. The van der Waals surface area contributed by atoms with E-state index in [0.29, 0.717) is 18.8 Å². The van der Waals surface area contributed by atoms with Gasteiger partial charge in [0.2, 0.25) is 0 Å². The fourth-order valence-electron chi connectivity index (χ4n) is 2.13. The molecule has 0 spiro atoms. The minimum atomic E-state index is -0.449. The number of hydrogen-bond donors (Lipinski definition) is 0. The number of fused-ring (bicyclic) bond motifs is 1. The van der Waals surface area contributed by atoms with Gasteiger partial charge in [-0.1, -0.05) is 32.9 Å². The van der Waals surface area contributed by atoms with E-state index in [0.717, 1.165) is 18.6 Å². The predicted molar refractivity (Wildman–Crippen MR) is 74.7 cm³/mol. The predicted octanol–water partition coefficient (Wildman–Crippen LogP) is 3.61. The third-order valence-electron chi connectivity index (χ3n) is 3.22. The van der Waals surface area contributed by atoms with Gasteiger partial charge in [0, 0.05) is 6.42 Å². The molecule has 1 aromatic rings. The lowest BCUT2D eigenvalue weighted by molar-refractivity contribution is -0.128. The zero-order valence-corrected chi connectivity index (χ0v) is 11.9. The highest BCUT2D eigenvalue weighted by molar-refractivity contribution is 5.83. The Labute approximate surface area is 114 Å². The van der Waals surface area contributed by atoms with Gasteiger partial charge in [0.1, 0.15) is 6.61 Å². The number of para-hydroxylation sites is 2. The second kappa shape index (κ2) is 5.64. The fraction of sp³-hybridized carbons (Fsp3) is 0.562. The monoisotopic (exact) mass is 262 g/mol. The van der Waals surface area contributed by atoms with Crippen LogP contribution in [0.3, 0.4) is 0 Å². The number of ketones is 1. The molecule has 19 heavy (non-hydrogen) atoms. The summed E-state index contributed by atoms with van der Waals surface area (Å²) in [7, 11) is 0. The van der Waals surface area contributed by atoms with Crippen molar-refractivity contribution in [1.82, 2.24) is 0 Å². The first kappa shape index (κ1) is 13.9.